The highest BCUT2D eigenvalue weighted by molar-refractivity contribution is 9.10. The maximum Gasteiger partial charge on any atom is 0.233 e. The summed E-state index contributed by atoms with van der Waals surface area (Å²) in [5.74, 6) is 1.18. The van der Waals surface area contributed by atoms with E-state index >= 15 is 0 Å². The van der Waals surface area contributed by atoms with Crippen molar-refractivity contribution in [1.29, 1.82) is 0 Å². The molecule has 118 valence electrons. The van der Waals surface area contributed by atoms with Crippen molar-refractivity contribution in [2.24, 2.45) is 5.92 Å². The maximum absolute atomic E-state index is 12.3. The van der Waals surface area contributed by atoms with Crippen molar-refractivity contribution < 1.29 is 9.59 Å². The van der Waals surface area contributed by atoms with Gasteiger partial charge in [-0.3, -0.25) is 9.59 Å². The summed E-state index contributed by atoms with van der Waals surface area (Å²) in [4.78, 5) is 29.1. The molecule has 2 amide bonds. The molecule has 1 aromatic rings. The van der Waals surface area contributed by atoms with E-state index in [0.29, 0.717) is 31.9 Å². The summed E-state index contributed by atoms with van der Waals surface area (Å²) >= 11 is 4.96. The lowest BCUT2D eigenvalue weighted by Gasteiger charge is -2.34. The molecule has 6 heteroatoms. The molecule has 0 radical (unpaired) electrons. The van der Waals surface area contributed by atoms with Crippen molar-refractivity contribution in [3.8, 4) is 0 Å². The minimum Gasteiger partial charge on any atom is -0.339 e. The quantitative estimate of drug-likeness (QED) is 0.751. The van der Waals surface area contributed by atoms with Gasteiger partial charge in [0.15, 0.2) is 0 Å². The van der Waals surface area contributed by atoms with E-state index in [1.54, 1.807) is 11.8 Å². The Morgan fingerprint density at radius 2 is 1.64 bits per heavy atom. The normalized spacial score (nSPS) is 18.4. The number of thioether (sulfide) groups is 1. The lowest BCUT2D eigenvalue weighted by atomic mass is 10.2. The fourth-order valence-corrected chi connectivity index (χ4v) is 3.60. The van der Waals surface area contributed by atoms with Crippen molar-refractivity contribution in [2.75, 3.05) is 31.9 Å². The third-order valence-corrected chi connectivity index (χ3v) is 5.57. The summed E-state index contributed by atoms with van der Waals surface area (Å²) in [5.41, 5.74) is 0. The van der Waals surface area contributed by atoms with E-state index in [2.05, 4.69) is 15.9 Å². The van der Waals surface area contributed by atoms with Gasteiger partial charge in [-0.15, -0.1) is 11.8 Å². The first-order chi connectivity index (χ1) is 10.6. The molecule has 1 aromatic carbocycles. The predicted octanol–water partition coefficient (Wildman–Crippen LogP) is 2.62. The van der Waals surface area contributed by atoms with Crippen LogP contribution in [-0.4, -0.2) is 53.5 Å². The molecule has 0 N–H and O–H groups in total. The Kier molecular flexibility index (Phi) is 5.08. The second-order valence-corrected chi connectivity index (χ2v) is 7.69. The molecule has 1 saturated heterocycles. The Balaban J connectivity index is 1.43. The molecule has 2 fully saturated rings. The second kappa shape index (κ2) is 7.04. The van der Waals surface area contributed by atoms with Crippen molar-refractivity contribution in [2.45, 2.75) is 17.7 Å². The molecule has 3 rings (SSSR count). The van der Waals surface area contributed by atoms with Gasteiger partial charge in [0, 0.05) is 41.5 Å². The van der Waals surface area contributed by atoms with Gasteiger partial charge in [-0.05, 0) is 37.1 Å². The zero-order chi connectivity index (χ0) is 15.5. The van der Waals surface area contributed by atoms with Crippen LogP contribution in [0.25, 0.3) is 0 Å². The van der Waals surface area contributed by atoms with E-state index in [-0.39, 0.29) is 17.7 Å². The van der Waals surface area contributed by atoms with Crippen LogP contribution in [0.2, 0.25) is 0 Å². The highest BCUT2D eigenvalue weighted by Gasteiger charge is 2.35. The number of piperazine rings is 1. The minimum atomic E-state index is 0.159. The van der Waals surface area contributed by atoms with Crippen molar-refractivity contribution in [1.82, 2.24) is 9.80 Å². The van der Waals surface area contributed by atoms with E-state index in [1.807, 2.05) is 34.1 Å². The molecule has 1 aliphatic carbocycles. The molecule has 0 unspecified atom stereocenters. The number of amides is 2. The van der Waals surface area contributed by atoms with Crippen LogP contribution in [0.4, 0.5) is 0 Å². The van der Waals surface area contributed by atoms with E-state index in [1.165, 1.54) is 0 Å². The van der Waals surface area contributed by atoms with Crippen molar-refractivity contribution >= 4 is 39.5 Å². The number of nitrogens with zero attached hydrogens (tertiary/aromatic N) is 2. The minimum absolute atomic E-state index is 0.159. The van der Waals surface area contributed by atoms with Crippen LogP contribution in [0, 0.1) is 5.92 Å². The van der Waals surface area contributed by atoms with Crippen molar-refractivity contribution in [3.05, 3.63) is 28.7 Å². The van der Waals surface area contributed by atoms with Crippen LogP contribution in [0.15, 0.2) is 33.6 Å². The van der Waals surface area contributed by atoms with Gasteiger partial charge >= 0.3 is 0 Å². The highest BCUT2D eigenvalue weighted by atomic mass is 79.9. The SMILES string of the molecule is O=C(CSc1ccc(Br)cc1)N1CCN(C(=O)C2CC2)CC1. The van der Waals surface area contributed by atoms with E-state index < -0.39 is 0 Å². The summed E-state index contributed by atoms with van der Waals surface area (Å²) in [6.45, 7) is 2.70. The monoisotopic (exact) mass is 382 g/mol. The molecule has 0 bridgehead atoms. The van der Waals surface area contributed by atoms with Gasteiger partial charge in [0.1, 0.15) is 0 Å². The summed E-state index contributed by atoms with van der Waals surface area (Å²) in [5, 5.41) is 0. The van der Waals surface area contributed by atoms with Gasteiger partial charge in [-0.1, -0.05) is 15.9 Å². The zero-order valence-corrected chi connectivity index (χ0v) is 14.7. The summed E-state index contributed by atoms with van der Waals surface area (Å²) in [7, 11) is 0. The fraction of sp³-hybridized carbons (Fsp3) is 0.500. The van der Waals surface area contributed by atoms with Crippen LogP contribution >= 0.6 is 27.7 Å². The van der Waals surface area contributed by atoms with Gasteiger partial charge in [0.05, 0.1) is 5.75 Å². The topological polar surface area (TPSA) is 40.6 Å². The molecule has 1 heterocycles. The number of rotatable bonds is 4. The van der Waals surface area contributed by atoms with Crippen LogP contribution in [0.3, 0.4) is 0 Å². The predicted molar refractivity (Wildman–Crippen MR) is 90.8 cm³/mol. The Morgan fingerprint density at radius 3 is 2.23 bits per heavy atom. The molecular weight excluding hydrogens is 364 g/mol. The largest absolute Gasteiger partial charge is 0.339 e. The Hall–Kier alpha value is -1.01. The Bertz CT molecular complexity index is 552. The van der Waals surface area contributed by atoms with Crippen LogP contribution < -0.4 is 0 Å². The molecule has 0 spiro atoms. The van der Waals surface area contributed by atoms with Crippen LogP contribution in [-0.2, 0) is 9.59 Å². The summed E-state index contributed by atoms with van der Waals surface area (Å²) in [6, 6.07) is 7.98. The van der Waals surface area contributed by atoms with Crippen LogP contribution in [0.1, 0.15) is 12.8 Å². The summed E-state index contributed by atoms with van der Waals surface area (Å²) in [6.07, 6.45) is 2.09. The number of carbonyl (C=O) groups excluding carboxylic acids is 2. The number of carbonyl (C=O) groups is 2. The maximum atomic E-state index is 12.3. The fourth-order valence-electron chi connectivity index (χ4n) is 2.53. The first kappa shape index (κ1) is 15.9. The lowest BCUT2D eigenvalue weighted by molar-refractivity contribution is -0.139. The molecule has 1 aliphatic heterocycles. The molecule has 22 heavy (non-hydrogen) atoms. The molecule has 1 saturated carbocycles. The third-order valence-electron chi connectivity index (χ3n) is 4.05. The smallest absolute Gasteiger partial charge is 0.233 e. The molecular formula is C16H19BrN2O2S. The number of benzene rings is 1. The first-order valence-electron chi connectivity index (χ1n) is 7.58. The van der Waals surface area contributed by atoms with E-state index in [9.17, 15) is 9.59 Å². The van der Waals surface area contributed by atoms with Gasteiger partial charge in [0.25, 0.3) is 0 Å². The van der Waals surface area contributed by atoms with Gasteiger partial charge in [-0.2, -0.15) is 0 Å². The Labute approximate surface area is 143 Å². The first-order valence-corrected chi connectivity index (χ1v) is 9.36. The van der Waals surface area contributed by atoms with Gasteiger partial charge in [-0.25, -0.2) is 0 Å². The molecule has 0 atom stereocenters. The second-order valence-electron chi connectivity index (χ2n) is 5.72. The molecule has 2 aliphatic rings. The molecule has 4 nitrogen and oxygen atoms in total. The molecule has 0 aromatic heterocycles. The standard InChI is InChI=1S/C16H19BrN2O2S/c17-13-3-5-14(6-4-13)22-11-15(20)18-7-9-19(10-8-18)16(21)12-1-2-12/h3-6,12H,1-2,7-11H2. The number of hydrogen-bond donors (Lipinski definition) is 0. The van der Waals surface area contributed by atoms with Crippen molar-refractivity contribution in [3.63, 3.8) is 0 Å². The lowest BCUT2D eigenvalue weighted by Crippen LogP contribution is -2.51. The van der Waals surface area contributed by atoms with E-state index in [0.717, 1.165) is 22.2 Å². The average molecular weight is 383 g/mol. The number of halogens is 1. The van der Waals surface area contributed by atoms with Crippen LogP contribution in [0.5, 0.6) is 0 Å². The van der Waals surface area contributed by atoms with E-state index in [4.69, 9.17) is 0 Å². The third kappa shape index (κ3) is 4.04. The van der Waals surface area contributed by atoms with Gasteiger partial charge in [0.2, 0.25) is 11.8 Å². The Morgan fingerprint density at radius 1 is 1.05 bits per heavy atom. The average Bonchev–Trinajstić information content (AvgIpc) is 3.38. The number of hydrogen-bond acceptors (Lipinski definition) is 3. The highest BCUT2D eigenvalue weighted by Crippen LogP contribution is 2.31. The summed E-state index contributed by atoms with van der Waals surface area (Å²) < 4.78 is 1.04. The van der Waals surface area contributed by atoms with Gasteiger partial charge < -0.3 is 9.80 Å². The zero-order valence-electron chi connectivity index (χ0n) is 12.3.